The van der Waals surface area contributed by atoms with Crippen molar-refractivity contribution in [2.75, 3.05) is 0 Å². The Morgan fingerprint density at radius 3 is 3.00 bits per heavy atom. The van der Waals surface area contributed by atoms with E-state index in [1.807, 2.05) is 19.2 Å². The molecule has 90 valence electrons. The van der Waals surface area contributed by atoms with Gasteiger partial charge in [-0.3, -0.25) is 10.8 Å². The van der Waals surface area contributed by atoms with Crippen LogP contribution in [0.25, 0.3) is 0 Å². The Labute approximate surface area is 104 Å². The minimum Gasteiger partial charge on any atom is -0.271 e. The molecule has 0 saturated heterocycles. The summed E-state index contributed by atoms with van der Waals surface area (Å²) in [7, 11) is 0. The van der Waals surface area contributed by atoms with Gasteiger partial charge in [-0.15, -0.1) is 5.10 Å². The fraction of sp³-hybridized carbons (Fsp3) is 0.364. The summed E-state index contributed by atoms with van der Waals surface area (Å²) in [4.78, 5) is 5.21. The minimum absolute atomic E-state index is 0.0846. The molecule has 0 fully saturated rings. The number of nitrogens with two attached hydrogens (primary N) is 1. The molecule has 0 saturated carbocycles. The van der Waals surface area contributed by atoms with Crippen LogP contribution < -0.4 is 11.3 Å². The molecule has 2 aromatic rings. The van der Waals surface area contributed by atoms with Gasteiger partial charge < -0.3 is 0 Å². The summed E-state index contributed by atoms with van der Waals surface area (Å²) >= 11 is 1.38. The lowest BCUT2D eigenvalue weighted by atomic mass is 10.0. The van der Waals surface area contributed by atoms with Gasteiger partial charge in [0.2, 0.25) is 0 Å². The fourth-order valence-corrected chi connectivity index (χ4v) is 2.58. The van der Waals surface area contributed by atoms with Crippen molar-refractivity contribution in [2.45, 2.75) is 26.3 Å². The average Bonchev–Trinajstić information content (AvgIpc) is 2.81. The van der Waals surface area contributed by atoms with Crippen LogP contribution in [0.1, 0.15) is 34.7 Å². The molecule has 3 N–H and O–H groups in total. The highest BCUT2D eigenvalue weighted by Crippen LogP contribution is 2.28. The van der Waals surface area contributed by atoms with Gasteiger partial charge in [0, 0.05) is 12.4 Å². The first-order chi connectivity index (χ1) is 8.27. The maximum Gasteiger partial charge on any atom is 0.0855 e. The van der Waals surface area contributed by atoms with E-state index in [-0.39, 0.29) is 6.04 Å². The Bertz CT molecular complexity index is 496. The molecule has 0 amide bonds. The highest BCUT2D eigenvalue weighted by atomic mass is 32.1. The molecular weight excluding hydrogens is 234 g/mol. The number of hydrogen-bond acceptors (Lipinski definition) is 6. The second kappa shape index (κ2) is 5.31. The molecule has 0 aromatic carbocycles. The van der Waals surface area contributed by atoms with E-state index in [9.17, 15) is 0 Å². The van der Waals surface area contributed by atoms with Crippen LogP contribution in [-0.2, 0) is 6.42 Å². The third-order valence-electron chi connectivity index (χ3n) is 2.74. The molecule has 1 atom stereocenters. The van der Waals surface area contributed by atoms with Crippen LogP contribution >= 0.6 is 11.5 Å². The molecule has 0 bridgehead atoms. The van der Waals surface area contributed by atoms with Gasteiger partial charge in [0.25, 0.3) is 0 Å². The third kappa shape index (κ3) is 2.33. The van der Waals surface area contributed by atoms with Gasteiger partial charge in [-0.2, -0.15) is 0 Å². The molecule has 0 radical (unpaired) electrons. The lowest BCUT2D eigenvalue weighted by molar-refractivity contribution is 0.633. The van der Waals surface area contributed by atoms with Gasteiger partial charge in [0.1, 0.15) is 0 Å². The molecule has 2 heterocycles. The van der Waals surface area contributed by atoms with Crippen LogP contribution in [0.2, 0.25) is 0 Å². The van der Waals surface area contributed by atoms with Gasteiger partial charge in [-0.1, -0.05) is 11.4 Å². The number of hydrazine groups is 1. The summed E-state index contributed by atoms with van der Waals surface area (Å²) < 4.78 is 3.99. The zero-order chi connectivity index (χ0) is 12.3. The first-order valence-electron chi connectivity index (χ1n) is 5.45. The quantitative estimate of drug-likeness (QED) is 0.632. The highest BCUT2D eigenvalue weighted by molar-refractivity contribution is 7.05. The molecule has 17 heavy (non-hydrogen) atoms. The first-order valence-corrected chi connectivity index (χ1v) is 6.23. The summed E-state index contributed by atoms with van der Waals surface area (Å²) in [5.74, 6) is 5.66. The number of rotatable bonds is 4. The largest absolute Gasteiger partial charge is 0.271 e. The summed E-state index contributed by atoms with van der Waals surface area (Å²) in [5, 5.41) is 4.11. The zero-order valence-electron chi connectivity index (χ0n) is 9.84. The van der Waals surface area contributed by atoms with E-state index in [4.69, 9.17) is 5.84 Å². The lowest BCUT2D eigenvalue weighted by Gasteiger charge is -2.16. The average molecular weight is 249 g/mol. The van der Waals surface area contributed by atoms with E-state index in [1.54, 1.807) is 6.20 Å². The standard InChI is InChI=1S/C11H15N5S/c1-3-9-11(17-16-15-9)10(14-12)8-6-13-5-4-7(8)2/h4-6,10,14H,3,12H2,1-2H3. The van der Waals surface area contributed by atoms with Crippen molar-refractivity contribution in [2.24, 2.45) is 5.84 Å². The monoisotopic (exact) mass is 249 g/mol. The minimum atomic E-state index is -0.0846. The Hall–Kier alpha value is -1.37. The molecule has 6 heteroatoms. The second-order valence-corrected chi connectivity index (χ2v) is 4.56. The van der Waals surface area contributed by atoms with Crippen molar-refractivity contribution < 1.29 is 0 Å². The van der Waals surface area contributed by atoms with Crippen molar-refractivity contribution in [3.63, 3.8) is 0 Å². The maximum absolute atomic E-state index is 5.66. The van der Waals surface area contributed by atoms with Crippen LogP contribution in [0.15, 0.2) is 18.5 Å². The van der Waals surface area contributed by atoms with Crippen molar-refractivity contribution >= 4 is 11.5 Å². The van der Waals surface area contributed by atoms with Gasteiger partial charge in [0.05, 0.1) is 16.6 Å². The van der Waals surface area contributed by atoms with Crippen LogP contribution in [0.3, 0.4) is 0 Å². The van der Waals surface area contributed by atoms with E-state index < -0.39 is 0 Å². The number of nitrogens with one attached hydrogen (secondary N) is 1. The second-order valence-electron chi connectivity index (χ2n) is 3.77. The molecule has 0 aliphatic rings. The number of aryl methyl sites for hydroxylation is 2. The van der Waals surface area contributed by atoms with Crippen LogP contribution in [0.5, 0.6) is 0 Å². The zero-order valence-corrected chi connectivity index (χ0v) is 10.7. The van der Waals surface area contributed by atoms with Crippen LogP contribution in [0.4, 0.5) is 0 Å². The van der Waals surface area contributed by atoms with E-state index in [0.29, 0.717) is 0 Å². The Morgan fingerprint density at radius 1 is 1.53 bits per heavy atom. The molecule has 0 aliphatic heterocycles. The fourth-order valence-electron chi connectivity index (χ4n) is 1.77. The predicted octanol–water partition coefficient (Wildman–Crippen LogP) is 1.36. The Kier molecular flexibility index (Phi) is 3.78. The van der Waals surface area contributed by atoms with E-state index in [2.05, 4.69) is 26.9 Å². The Morgan fingerprint density at radius 2 is 2.35 bits per heavy atom. The normalized spacial score (nSPS) is 12.6. The van der Waals surface area contributed by atoms with Crippen molar-refractivity contribution in [3.8, 4) is 0 Å². The summed E-state index contributed by atoms with van der Waals surface area (Å²) in [6, 6.07) is 1.89. The SMILES string of the molecule is CCc1nnsc1C(NN)c1cnccc1C. The van der Waals surface area contributed by atoms with E-state index >= 15 is 0 Å². The smallest absolute Gasteiger partial charge is 0.0855 e. The number of pyridine rings is 1. The summed E-state index contributed by atoms with van der Waals surface area (Å²) in [5.41, 5.74) is 6.03. The van der Waals surface area contributed by atoms with Crippen LogP contribution in [-0.4, -0.2) is 14.6 Å². The molecule has 0 spiro atoms. The van der Waals surface area contributed by atoms with E-state index in [0.717, 1.165) is 28.1 Å². The lowest BCUT2D eigenvalue weighted by Crippen LogP contribution is -2.29. The molecular formula is C11H15N5S. The molecule has 2 rings (SSSR count). The third-order valence-corrected chi connectivity index (χ3v) is 3.57. The predicted molar refractivity (Wildman–Crippen MR) is 67.4 cm³/mol. The van der Waals surface area contributed by atoms with Gasteiger partial charge in [0.15, 0.2) is 0 Å². The summed E-state index contributed by atoms with van der Waals surface area (Å²) in [6.45, 7) is 4.10. The topological polar surface area (TPSA) is 76.7 Å². The number of aromatic nitrogens is 3. The summed E-state index contributed by atoms with van der Waals surface area (Å²) in [6.07, 6.45) is 4.46. The highest BCUT2D eigenvalue weighted by Gasteiger charge is 2.20. The van der Waals surface area contributed by atoms with Crippen molar-refractivity contribution in [3.05, 3.63) is 40.2 Å². The van der Waals surface area contributed by atoms with Gasteiger partial charge >= 0.3 is 0 Å². The maximum atomic E-state index is 5.66. The Balaban J connectivity index is 2.44. The molecule has 5 nitrogen and oxygen atoms in total. The van der Waals surface area contributed by atoms with Crippen molar-refractivity contribution in [1.82, 2.24) is 20.0 Å². The molecule has 1 unspecified atom stereocenters. The first kappa shape index (κ1) is 12.1. The van der Waals surface area contributed by atoms with Gasteiger partial charge in [-0.25, -0.2) is 5.43 Å². The number of nitrogens with zero attached hydrogens (tertiary/aromatic N) is 3. The number of hydrogen-bond donors (Lipinski definition) is 2. The van der Waals surface area contributed by atoms with Gasteiger partial charge in [-0.05, 0) is 42.1 Å². The van der Waals surface area contributed by atoms with Crippen molar-refractivity contribution in [1.29, 1.82) is 0 Å². The van der Waals surface area contributed by atoms with E-state index in [1.165, 1.54) is 11.5 Å². The molecule has 0 aliphatic carbocycles. The molecule has 2 aromatic heterocycles. The van der Waals surface area contributed by atoms with Crippen LogP contribution in [0, 0.1) is 6.92 Å².